The van der Waals surface area contributed by atoms with E-state index in [1.807, 2.05) is 13.2 Å². The maximum atomic E-state index is 12.1. The van der Waals surface area contributed by atoms with Crippen molar-refractivity contribution >= 4 is 15.9 Å². The second-order valence-electron chi connectivity index (χ2n) is 6.81. The van der Waals surface area contributed by atoms with E-state index in [0.717, 1.165) is 44.1 Å². The van der Waals surface area contributed by atoms with Crippen molar-refractivity contribution in [1.29, 1.82) is 0 Å². The topological polar surface area (TPSA) is 93.1 Å². The van der Waals surface area contributed by atoms with Crippen molar-refractivity contribution in [3.8, 4) is 0 Å². The lowest BCUT2D eigenvalue weighted by atomic mass is 9.88. The van der Waals surface area contributed by atoms with Crippen LogP contribution >= 0.6 is 0 Å². The van der Waals surface area contributed by atoms with Gasteiger partial charge in [0, 0.05) is 25.8 Å². The zero-order valence-corrected chi connectivity index (χ0v) is 15.3. The second kappa shape index (κ2) is 8.62. The molecule has 8 heteroatoms. The Labute approximate surface area is 144 Å². The lowest BCUT2D eigenvalue weighted by Gasteiger charge is -2.26. The summed E-state index contributed by atoms with van der Waals surface area (Å²) in [5.41, 5.74) is 1.10. The number of carbonyl (C=O) groups is 1. The number of hydrogen-bond acceptors (Lipinski definition) is 4. The summed E-state index contributed by atoms with van der Waals surface area (Å²) in [6.07, 6.45) is 9.06. The third-order valence-electron chi connectivity index (χ3n) is 4.41. The quantitative estimate of drug-likeness (QED) is 0.679. The highest BCUT2D eigenvalue weighted by Gasteiger charge is 2.24. The Kier molecular flexibility index (Phi) is 6.79. The molecule has 1 fully saturated rings. The highest BCUT2D eigenvalue weighted by molar-refractivity contribution is 7.90. The van der Waals surface area contributed by atoms with Gasteiger partial charge in [-0.15, -0.1) is 0 Å². The van der Waals surface area contributed by atoms with Crippen LogP contribution in [0.15, 0.2) is 12.4 Å². The van der Waals surface area contributed by atoms with Crippen LogP contribution in [-0.4, -0.2) is 42.4 Å². The molecule has 1 aromatic rings. The third kappa shape index (κ3) is 6.60. The fourth-order valence-electron chi connectivity index (χ4n) is 3.02. The molecule has 1 heterocycles. The number of hydrogen-bond donors (Lipinski definition) is 2. The first-order valence-corrected chi connectivity index (χ1v) is 10.2. The Morgan fingerprint density at radius 2 is 2.04 bits per heavy atom. The number of sulfonamides is 1. The first-order chi connectivity index (χ1) is 11.3. The summed E-state index contributed by atoms with van der Waals surface area (Å²) in [5.74, 6) is -0.280. The Hall–Kier alpha value is -1.41. The highest BCUT2D eigenvalue weighted by Crippen LogP contribution is 2.23. The van der Waals surface area contributed by atoms with Crippen molar-refractivity contribution in [2.24, 2.45) is 13.0 Å². The predicted octanol–water partition coefficient (Wildman–Crippen LogP) is 0.967. The normalized spacial score (nSPS) is 21.6. The molecule has 0 bridgehead atoms. The number of nitrogens with zero attached hydrogens (tertiary/aromatic N) is 2. The molecule has 1 aliphatic carbocycles. The van der Waals surface area contributed by atoms with E-state index in [1.165, 1.54) is 0 Å². The van der Waals surface area contributed by atoms with Gasteiger partial charge in [-0.25, -0.2) is 13.1 Å². The summed E-state index contributed by atoms with van der Waals surface area (Å²) in [4.78, 5) is 11.8. The fourth-order valence-corrected chi connectivity index (χ4v) is 4.29. The summed E-state index contributed by atoms with van der Waals surface area (Å²) >= 11 is 0. The molecule has 0 radical (unpaired) electrons. The van der Waals surface area contributed by atoms with E-state index in [0.29, 0.717) is 12.5 Å². The molecule has 0 aliphatic heterocycles. The Morgan fingerprint density at radius 1 is 1.33 bits per heavy atom. The number of aromatic nitrogens is 2. The van der Waals surface area contributed by atoms with Crippen molar-refractivity contribution in [1.82, 2.24) is 19.8 Å². The first-order valence-electron chi connectivity index (χ1n) is 8.58. The molecule has 7 nitrogen and oxygen atoms in total. The zero-order chi connectivity index (χ0) is 17.6. The molecule has 24 heavy (non-hydrogen) atoms. The van der Waals surface area contributed by atoms with E-state index in [1.54, 1.807) is 10.9 Å². The molecule has 1 aromatic heterocycles. The zero-order valence-electron chi connectivity index (χ0n) is 14.5. The average Bonchev–Trinajstić information content (AvgIpc) is 2.91. The van der Waals surface area contributed by atoms with Crippen molar-refractivity contribution in [3.05, 3.63) is 18.0 Å². The van der Waals surface area contributed by atoms with Crippen LogP contribution < -0.4 is 10.0 Å². The number of carbonyl (C=O) groups excluding carboxylic acids is 1. The van der Waals surface area contributed by atoms with E-state index in [4.69, 9.17) is 0 Å². The molecular formula is C16H28N4O3S. The van der Waals surface area contributed by atoms with Crippen LogP contribution in [0, 0.1) is 5.92 Å². The van der Waals surface area contributed by atoms with Crippen molar-refractivity contribution in [2.45, 2.75) is 51.5 Å². The SMILES string of the molecule is CC1CCC(NS(=O)(=O)CC(=O)NCCCc2cnn(C)c2)CC1. The summed E-state index contributed by atoms with van der Waals surface area (Å²) in [6, 6.07) is -0.0235. The van der Waals surface area contributed by atoms with Gasteiger partial charge in [0.1, 0.15) is 5.75 Å². The van der Waals surface area contributed by atoms with Crippen LogP contribution in [0.1, 0.15) is 44.6 Å². The van der Waals surface area contributed by atoms with Crippen LogP contribution in [0.4, 0.5) is 0 Å². The summed E-state index contributed by atoms with van der Waals surface area (Å²) < 4.78 is 28.5. The van der Waals surface area contributed by atoms with Gasteiger partial charge in [-0.2, -0.15) is 5.10 Å². The number of aryl methyl sites for hydroxylation is 2. The number of nitrogens with one attached hydrogen (secondary N) is 2. The summed E-state index contributed by atoms with van der Waals surface area (Å²) in [5, 5.41) is 6.76. The molecular weight excluding hydrogens is 328 g/mol. The van der Waals surface area contributed by atoms with Crippen LogP contribution in [-0.2, 0) is 28.3 Å². The largest absolute Gasteiger partial charge is 0.355 e. The van der Waals surface area contributed by atoms with Gasteiger partial charge in [0.05, 0.1) is 6.20 Å². The Morgan fingerprint density at radius 3 is 2.67 bits per heavy atom. The van der Waals surface area contributed by atoms with Crippen LogP contribution in [0.5, 0.6) is 0 Å². The van der Waals surface area contributed by atoms with Gasteiger partial charge in [-0.3, -0.25) is 9.48 Å². The fraction of sp³-hybridized carbons (Fsp3) is 0.750. The molecule has 2 rings (SSSR count). The monoisotopic (exact) mass is 356 g/mol. The maximum absolute atomic E-state index is 12.1. The van der Waals surface area contributed by atoms with E-state index in [-0.39, 0.29) is 6.04 Å². The summed E-state index contributed by atoms with van der Waals surface area (Å²) in [7, 11) is -1.70. The lowest BCUT2D eigenvalue weighted by molar-refractivity contribution is -0.118. The van der Waals surface area contributed by atoms with E-state index in [2.05, 4.69) is 22.1 Å². The highest BCUT2D eigenvalue weighted by atomic mass is 32.2. The molecule has 2 N–H and O–H groups in total. The van der Waals surface area contributed by atoms with Crippen molar-refractivity contribution < 1.29 is 13.2 Å². The smallest absolute Gasteiger partial charge is 0.236 e. The predicted molar refractivity (Wildman–Crippen MR) is 92.9 cm³/mol. The molecule has 136 valence electrons. The van der Waals surface area contributed by atoms with Gasteiger partial charge < -0.3 is 5.32 Å². The molecule has 0 unspecified atom stereocenters. The molecule has 0 saturated heterocycles. The van der Waals surface area contributed by atoms with E-state index < -0.39 is 21.7 Å². The molecule has 1 amide bonds. The van der Waals surface area contributed by atoms with Gasteiger partial charge in [0.25, 0.3) is 0 Å². The molecule has 0 atom stereocenters. The van der Waals surface area contributed by atoms with Crippen LogP contribution in [0.25, 0.3) is 0 Å². The van der Waals surface area contributed by atoms with Gasteiger partial charge in [-0.1, -0.05) is 6.92 Å². The van der Waals surface area contributed by atoms with Gasteiger partial charge in [-0.05, 0) is 50.0 Å². The Balaban J connectivity index is 1.65. The van der Waals surface area contributed by atoms with Gasteiger partial charge in [0.15, 0.2) is 0 Å². The van der Waals surface area contributed by atoms with Crippen LogP contribution in [0.3, 0.4) is 0 Å². The average molecular weight is 356 g/mol. The van der Waals surface area contributed by atoms with E-state index >= 15 is 0 Å². The lowest BCUT2D eigenvalue weighted by Crippen LogP contribution is -2.42. The standard InChI is InChI=1S/C16H28N4O3S/c1-13-5-7-15(8-6-13)19-24(22,23)12-16(21)17-9-3-4-14-10-18-20(2)11-14/h10-11,13,15,19H,3-9,12H2,1-2H3,(H,17,21). The molecule has 0 spiro atoms. The minimum atomic E-state index is -3.56. The van der Waals surface area contributed by atoms with Crippen LogP contribution in [0.2, 0.25) is 0 Å². The van der Waals surface area contributed by atoms with Gasteiger partial charge in [0.2, 0.25) is 15.9 Å². The van der Waals surface area contributed by atoms with Crippen molar-refractivity contribution in [3.63, 3.8) is 0 Å². The van der Waals surface area contributed by atoms with E-state index in [9.17, 15) is 13.2 Å². The third-order valence-corrected chi connectivity index (χ3v) is 5.74. The molecule has 1 aliphatic rings. The Bertz CT molecular complexity index is 634. The number of amides is 1. The maximum Gasteiger partial charge on any atom is 0.236 e. The molecule has 0 aromatic carbocycles. The first kappa shape index (κ1) is 18.9. The minimum absolute atomic E-state index is 0.0235. The minimum Gasteiger partial charge on any atom is -0.355 e. The van der Waals surface area contributed by atoms with Crippen molar-refractivity contribution in [2.75, 3.05) is 12.3 Å². The summed E-state index contributed by atoms with van der Waals surface area (Å²) in [6.45, 7) is 2.65. The van der Waals surface area contributed by atoms with Gasteiger partial charge >= 0.3 is 0 Å². The molecule has 1 saturated carbocycles. The second-order valence-corrected chi connectivity index (χ2v) is 8.56. The number of rotatable bonds is 8.